The smallest absolute Gasteiger partial charge is 0.155 e. The number of thiocarbonyl (C=S) groups is 1. The van der Waals surface area contributed by atoms with E-state index in [0.29, 0.717) is 17.4 Å². The summed E-state index contributed by atoms with van der Waals surface area (Å²) in [5.74, 6) is 1.15. The second-order valence-electron chi connectivity index (χ2n) is 4.12. The zero-order chi connectivity index (χ0) is 12.3. The van der Waals surface area contributed by atoms with Gasteiger partial charge in [0, 0.05) is 31.5 Å². The van der Waals surface area contributed by atoms with E-state index in [1.807, 2.05) is 0 Å². The molecule has 2 heterocycles. The van der Waals surface area contributed by atoms with Gasteiger partial charge < -0.3 is 15.8 Å². The van der Waals surface area contributed by atoms with Crippen LogP contribution in [-0.4, -0.2) is 34.2 Å². The Bertz CT molecular complexity index is 412. The largest absolute Gasteiger partial charge is 0.388 e. The number of hydrogen-bond donors (Lipinski definition) is 2. The Balaban J connectivity index is 2.01. The summed E-state index contributed by atoms with van der Waals surface area (Å²) in [6.07, 6.45) is 4.56. The molecule has 2 unspecified atom stereocenters. The SMILES string of the molecule is CC1OCCC1CNc1nccnc1C(N)=S. The van der Waals surface area contributed by atoms with Gasteiger partial charge in [-0.3, -0.25) is 0 Å². The highest BCUT2D eigenvalue weighted by molar-refractivity contribution is 7.80. The van der Waals surface area contributed by atoms with E-state index in [0.717, 1.165) is 19.6 Å². The Hall–Kier alpha value is -1.27. The summed E-state index contributed by atoms with van der Waals surface area (Å²) in [7, 11) is 0. The van der Waals surface area contributed by atoms with Gasteiger partial charge in [0.15, 0.2) is 5.82 Å². The molecular weight excluding hydrogens is 236 g/mol. The predicted octanol–water partition coefficient (Wildman–Crippen LogP) is 0.948. The number of nitrogens with two attached hydrogens (primary N) is 1. The zero-order valence-electron chi connectivity index (χ0n) is 9.72. The number of rotatable bonds is 4. The van der Waals surface area contributed by atoms with Gasteiger partial charge in [-0.15, -0.1) is 0 Å². The van der Waals surface area contributed by atoms with E-state index in [9.17, 15) is 0 Å². The van der Waals surface area contributed by atoms with E-state index in [4.69, 9.17) is 22.7 Å². The van der Waals surface area contributed by atoms with Crippen LogP contribution in [0.25, 0.3) is 0 Å². The van der Waals surface area contributed by atoms with Crippen LogP contribution in [0.2, 0.25) is 0 Å². The molecule has 1 aromatic heterocycles. The Kier molecular flexibility index (Phi) is 3.86. The maximum Gasteiger partial charge on any atom is 0.155 e. The third-order valence-electron chi connectivity index (χ3n) is 3.00. The van der Waals surface area contributed by atoms with Crippen LogP contribution < -0.4 is 11.1 Å². The summed E-state index contributed by atoms with van der Waals surface area (Å²) in [5.41, 5.74) is 6.14. The van der Waals surface area contributed by atoms with Crippen LogP contribution in [0.4, 0.5) is 5.82 Å². The van der Waals surface area contributed by atoms with Crippen molar-refractivity contribution in [3.63, 3.8) is 0 Å². The number of hydrogen-bond acceptors (Lipinski definition) is 5. The Morgan fingerprint density at radius 2 is 2.35 bits per heavy atom. The minimum atomic E-state index is 0.260. The molecule has 92 valence electrons. The van der Waals surface area contributed by atoms with Crippen LogP contribution >= 0.6 is 12.2 Å². The summed E-state index contributed by atoms with van der Waals surface area (Å²) < 4.78 is 5.51. The number of aromatic nitrogens is 2. The van der Waals surface area contributed by atoms with Gasteiger partial charge in [-0.1, -0.05) is 12.2 Å². The molecule has 0 aromatic carbocycles. The molecule has 1 saturated heterocycles. The second-order valence-corrected chi connectivity index (χ2v) is 4.56. The molecule has 3 N–H and O–H groups in total. The van der Waals surface area contributed by atoms with Gasteiger partial charge in [-0.2, -0.15) is 0 Å². The van der Waals surface area contributed by atoms with Gasteiger partial charge in [0.05, 0.1) is 6.10 Å². The van der Waals surface area contributed by atoms with Crippen molar-refractivity contribution in [2.75, 3.05) is 18.5 Å². The van der Waals surface area contributed by atoms with Crippen LogP contribution in [0.5, 0.6) is 0 Å². The molecule has 1 aliphatic rings. The molecule has 0 amide bonds. The lowest BCUT2D eigenvalue weighted by atomic mass is 10.0. The molecule has 6 heteroatoms. The molecule has 0 spiro atoms. The molecule has 0 saturated carbocycles. The van der Waals surface area contributed by atoms with Crippen molar-refractivity contribution in [3.8, 4) is 0 Å². The van der Waals surface area contributed by atoms with Crippen molar-refractivity contribution in [1.29, 1.82) is 0 Å². The van der Waals surface area contributed by atoms with Crippen LogP contribution in [0.1, 0.15) is 19.0 Å². The highest BCUT2D eigenvalue weighted by atomic mass is 32.1. The fraction of sp³-hybridized carbons (Fsp3) is 0.545. The average molecular weight is 252 g/mol. The number of ether oxygens (including phenoxy) is 1. The first-order valence-electron chi connectivity index (χ1n) is 5.64. The summed E-state index contributed by atoms with van der Waals surface area (Å²) in [4.78, 5) is 8.58. The van der Waals surface area contributed by atoms with Crippen molar-refractivity contribution in [2.45, 2.75) is 19.4 Å². The lowest BCUT2D eigenvalue weighted by molar-refractivity contribution is 0.108. The third kappa shape index (κ3) is 2.89. The van der Waals surface area contributed by atoms with Gasteiger partial charge >= 0.3 is 0 Å². The van der Waals surface area contributed by atoms with E-state index in [1.165, 1.54) is 0 Å². The Morgan fingerprint density at radius 3 is 3.00 bits per heavy atom. The highest BCUT2D eigenvalue weighted by Gasteiger charge is 2.24. The Labute approximate surface area is 106 Å². The third-order valence-corrected chi connectivity index (χ3v) is 3.19. The standard InChI is InChI=1S/C11H16N4OS/c1-7-8(2-5-16-7)6-15-11-9(10(12)17)13-3-4-14-11/h3-4,7-8H,2,5-6H2,1H3,(H2,12,17)(H,14,15). The number of anilines is 1. The molecule has 5 nitrogen and oxygen atoms in total. The van der Waals surface area contributed by atoms with Gasteiger partial charge in [0.1, 0.15) is 10.7 Å². The minimum Gasteiger partial charge on any atom is -0.388 e. The maximum absolute atomic E-state index is 5.59. The van der Waals surface area contributed by atoms with Crippen molar-refractivity contribution in [1.82, 2.24) is 9.97 Å². The summed E-state index contributed by atoms with van der Waals surface area (Å²) in [5, 5.41) is 3.25. The molecule has 0 aliphatic carbocycles. The molecule has 1 aliphatic heterocycles. The van der Waals surface area contributed by atoms with Crippen molar-refractivity contribution < 1.29 is 4.74 Å². The quantitative estimate of drug-likeness (QED) is 0.777. The first-order valence-corrected chi connectivity index (χ1v) is 6.05. The van der Waals surface area contributed by atoms with Crippen LogP contribution in [-0.2, 0) is 4.74 Å². The molecule has 0 radical (unpaired) electrons. The number of nitrogens with zero attached hydrogens (tertiary/aromatic N) is 2. The second kappa shape index (κ2) is 5.37. The van der Waals surface area contributed by atoms with Crippen LogP contribution in [0, 0.1) is 5.92 Å². The van der Waals surface area contributed by atoms with Crippen molar-refractivity contribution in [2.24, 2.45) is 11.7 Å². The normalized spacial score (nSPS) is 23.6. The fourth-order valence-corrected chi connectivity index (χ4v) is 2.07. The minimum absolute atomic E-state index is 0.260. The van der Waals surface area contributed by atoms with Gasteiger partial charge in [-0.05, 0) is 13.3 Å². The summed E-state index contributed by atoms with van der Waals surface area (Å²) >= 11 is 4.93. The van der Waals surface area contributed by atoms with Crippen LogP contribution in [0.3, 0.4) is 0 Å². The first kappa shape index (κ1) is 12.2. The zero-order valence-corrected chi connectivity index (χ0v) is 10.5. The summed E-state index contributed by atoms with van der Waals surface area (Å²) in [6.45, 7) is 3.72. The van der Waals surface area contributed by atoms with E-state index >= 15 is 0 Å². The summed E-state index contributed by atoms with van der Waals surface area (Å²) in [6, 6.07) is 0. The first-order chi connectivity index (χ1) is 8.18. The predicted molar refractivity (Wildman–Crippen MR) is 69.9 cm³/mol. The van der Waals surface area contributed by atoms with Gasteiger partial charge in [0.2, 0.25) is 0 Å². The molecule has 2 atom stereocenters. The lowest BCUT2D eigenvalue weighted by Gasteiger charge is -2.16. The average Bonchev–Trinajstić information content (AvgIpc) is 2.72. The lowest BCUT2D eigenvalue weighted by Crippen LogP contribution is -2.23. The van der Waals surface area contributed by atoms with Gasteiger partial charge in [-0.25, -0.2) is 9.97 Å². The van der Waals surface area contributed by atoms with E-state index in [2.05, 4.69) is 22.2 Å². The van der Waals surface area contributed by atoms with E-state index in [-0.39, 0.29) is 11.1 Å². The molecular formula is C11H16N4OS. The molecule has 17 heavy (non-hydrogen) atoms. The number of nitrogens with one attached hydrogen (secondary N) is 1. The highest BCUT2D eigenvalue weighted by Crippen LogP contribution is 2.21. The molecule has 0 bridgehead atoms. The molecule has 1 fully saturated rings. The van der Waals surface area contributed by atoms with Crippen LogP contribution in [0.15, 0.2) is 12.4 Å². The van der Waals surface area contributed by atoms with Crippen molar-refractivity contribution >= 4 is 23.0 Å². The molecule has 2 rings (SSSR count). The maximum atomic E-state index is 5.59. The van der Waals surface area contributed by atoms with Crippen molar-refractivity contribution in [3.05, 3.63) is 18.1 Å². The van der Waals surface area contributed by atoms with E-state index < -0.39 is 0 Å². The monoisotopic (exact) mass is 252 g/mol. The Morgan fingerprint density at radius 1 is 1.59 bits per heavy atom. The fourth-order valence-electron chi connectivity index (χ4n) is 1.92. The van der Waals surface area contributed by atoms with E-state index in [1.54, 1.807) is 12.4 Å². The topological polar surface area (TPSA) is 73.1 Å². The van der Waals surface area contributed by atoms with Gasteiger partial charge in [0.25, 0.3) is 0 Å². The molecule has 1 aromatic rings.